The number of hydrogen-bond donors (Lipinski definition) is 2. The summed E-state index contributed by atoms with van der Waals surface area (Å²) in [6, 6.07) is 0. The van der Waals surface area contributed by atoms with Gasteiger partial charge in [-0.15, -0.1) is 0 Å². The molecule has 0 radical (unpaired) electrons. The van der Waals surface area contributed by atoms with Gasteiger partial charge in [0.15, 0.2) is 0 Å². The molecule has 0 aliphatic heterocycles. The Balaban J connectivity index is 3.14. The lowest BCUT2D eigenvalue weighted by Crippen LogP contribution is -1.98. The van der Waals surface area contributed by atoms with Gasteiger partial charge in [0.05, 0.1) is 12.2 Å². The minimum atomic E-state index is -0.346. The Bertz CT molecular complexity index is 106. The van der Waals surface area contributed by atoms with Gasteiger partial charge in [-0.05, 0) is 33.1 Å². The molecule has 2 atom stereocenters. The van der Waals surface area contributed by atoms with Gasteiger partial charge in [-0.2, -0.15) is 0 Å². The number of hydrogen-bond acceptors (Lipinski definition) is 2. The van der Waals surface area contributed by atoms with E-state index in [4.69, 9.17) is 10.2 Å². The van der Waals surface area contributed by atoms with Crippen molar-refractivity contribution in [2.75, 3.05) is 0 Å². The summed E-state index contributed by atoms with van der Waals surface area (Å²) in [6.45, 7) is 3.52. The lowest BCUT2D eigenvalue weighted by atomic mass is 10.1. The van der Waals surface area contributed by atoms with Crippen molar-refractivity contribution in [3.8, 4) is 0 Å². The summed E-state index contributed by atoms with van der Waals surface area (Å²) < 4.78 is 0. The molecule has 0 amide bonds. The highest BCUT2D eigenvalue weighted by atomic mass is 16.3. The molecule has 0 unspecified atom stereocenters. The standard InChI is InChI=1S/C9H18O2/c1-8(10)6-4-3-5-7-9(2)11/h4,6,8-11H,3,5,7H2,1-2H3/b6-4+/t8-,9-/m0/s1. The Kier molecular flexibility index (Phi) is 6.18. The average Bonchev–Trinajstić information content (AvgIpc) is 1.85. The van der Waals surface area contributed by atoms with Crippen molar-refractivity contribution >= 4 is 0 Å². The zero-order valence-electron chi connectivity index (χ0n) is 7.33. The van der Waals surface area contributed by atoms with Gasteiger partial charge in [0.1, 0.15) is 0 Å². The molecule has 0 heterocycles. The maximum atomic E-state index is 8.89. The second-order valence-electron chi connectivity index (χ2n) is 2.95. The summed E-state index contributed by atoms with van der Waals surface area (Å²) in [5.74, 6) is 0. The molecule has 2 nitrogen and oxygen atoms in total. The lowest BCUT2D eigenvalue weighted by molar-refractivity contribution is 0.182. The third-order valence-electron chi connectivity index (χ3n) is 1.41. The normalized spacial score (nSPS) is 17.1. The van der Waals surface area contributed by atoms with E-state index in [0.717, 1.165) is 19.3 Å². The maximum absolute atomic E-state index is 8.89. The second-order valence-corrected chi connectivity index (χ2v) is 2.95. The zero-order valence-corrected chi connectivity index (χ0v) is 7.33. The molecule has 66 valence electrons. The van der Waals surface area contributed by atoms with Gasteiger partial charge in [-0.25, -0.2) is 0 Å². The highest BCUT2D eigenvalue weighted by Crippen LogP contribution is 2.00. The minimum absolute atomic E-state index is 0.199. The van der Waals surface area contributed by atoms with Crippen LogP contribution in [-0.4, -0.2) is 22.4 Å². The van der Waals surface area contributed by atoms with Crippen LogP contribution in [0.3, 0.4) is 0 Å². The molecule has 2 heteroatoms. The van der Waals surface area contributed by atoms with E-state index in [2.05, 4.69) is 0 Å². The molecule has 0 aliphatic rings. The number of aliphatic hydroxyl groups excluding tert-OH is 2. The van der Waals surface area contributed by atoms with Gasteiger partial charge in [-0.1, -0.05) is 12.2 Å². The molecule has 11 heavy (non-hydrogen) atoms. The van der Waals surface area contributed by atoms with E-state index in [-0.39, 0.29) is 12.2 Å². The number of allylic oxidation sites excluding steroid dienone is 1. The van der Waals surface area contributed by atoms with Crippen molar-refractivity contribution in [2.24, 2.45) is 0 Å². The SMILES string of the molecule is C[C@H](O)/C=C/CCC[C@H](C)O. The fourth-order valence-corrected chi connectivity index (χ4v) is 0.824. The van der Waals surface area contributed by atoms with Gasteiger partial charge in [0.25, 0.3) is 0 Å². The van der Waals surface area contributed by atoms with Crippen LogP contribution in [0.4, 0.5) is 0 Å². The first-order valence-electron chi connectivity index (χ1n) is 4.15. The van der Waals surface area contributed by atoms with E-state index in [1.807, 2.05) is 6.08 Å². The van der Waals surface area contributed by atoms with Crippen LogP contribution < -0.4 is 0 Å². The molecular formula is C9H18O2. The van der Waals surface area contributed by atoms with Crippen LogP contribution in [0.5, 0.6) is 0 Å². The first-order chi connectivity index (χ1) is 5.13. The molecule has 0 aromatic carbocycles. The number of rotatable bonds is 5. The lowest BCUT2D eigenvalue weighted by Gasteiger charge is -2.00. The van der Waals surface area contributed by atoms with E-state index in [1.165, 1.54) is 0 Å². The summed E-state index contributed by atoms with van der Waals surface area (Å²) in [7, 11) is 0. The summed E-state index contributed by atoms with van der Waals surface area (Å²) >= 11 is 0. The summed E-state index contributed by atoms with van der Waals surface area (Å²) in [4.78, 5) is 0. The van der Waals surface area contributed by atoms with E-state index in [1.54, 1.807) is 19.9 Å². The van der Waals surface area contributed by atoms with Crippen LogP contribution in [0.15, 0.2) is 12.2 Å². The fraction of sp³-hybridized carbons (Fsp3) is 0.778. The van der Waals surface area contributed by atoms with E-state index >= 15 is 0 Å². The van der Waals surface area contributed by atoms with Crippen molar-refractivity contribution < 1.29 is 10.2 Å². The maximum Gasteiger partial charge on any atom is 0.0692 e. The Morgan fingerprint density at radius 2 is 1.91 bits per heavy atom. The molecule has 0 fully saturated rings. The third kappa shape index (κ3) is 9.66. The van der Waals surface area contributed by atoms with Crippen LogP contribution in [0.1, 0.15) is 33.1 Å². The van der Waals surface area contributed by atoms with Crippen molar-refractivity contribution in [2.45, 2.75) is 45.3 Å². The highest BCUT2D eigenvalue weighted by Gasteiger charge is 1.92. The molecular weight excluding hydrogens is 140 g/mol. The monoisotopic (exact) mass is 158 g/mol. The molecule has 0 aliphatic carbocycles. The molecule has 0 saturated heterocycles. The Morgan fingerprint density at radius 3 is 2.36 bits per heavy atom. The topological polar surface area (TPSA) is 40.5 Å². The largest absolute Gasteiger partial charge is 0.393 e. The number of unbranched alkanes of at least 4 members (excludes halogenated alkanes) is 1. The first kappa shape index (κ1) is 10.7. The van der Waals surface area contributed by atoms with Crippen LogP contribution in [0.2, 0.25) is 0 Å². The number of aliphatic hydroxyl groups is 2. The second kappa shape index (κ2) is 6.38. The summed E-state index contributed by atoms with van der Waals surface area (Å²) in [5, 5.41) is 17.7. The Morgan fingerprint density at radius 1 is 1.27 bits per heavy atom. The predicted octanol–water partition coefficient (Wildman–Crippen LogP) is 1.47. The molecule has 0 spiro atoms. The molecule has 0 aromatic heterocycles. The van der Waals surface area contributed by atoms with Crippen molar-refractivity contribution in [3.05, 3.63) is 12.2 Å². The summed E-state index contributed by atoms with van der Waals surface area (Å²) in [5.41, 5.74) is 0. The van der Waals surface area contributed by atoms with E-state index in [9.17, 15) is 0 Å². The Hall–Kier alpha value is -0.340. The average molecular weight is 158 g/mol. The van der Waals surface area contributed by atoms with Crippen LogP contribution in [-0.2, 0) is 0 Å². The van der Waals surface area contributed by atoms with Crippen LogP contribution in [0.25, 0.3) is 0 Å². The van der Waals surface area contributed by atoms with Crippen LogP contribution >= 0.6 is 0 Å². The molecule has 0 saturated carbocycles. The molecule has 0 aromatic rings. The van der Waals surface area contributed by atoms with Gasteiger partial charge in [0, 0.05) is 0 Å². The van der Waals surface area contributed by atoms with Crippen molar-refractivity contribution in [3.63, 3.8) is 0 Å². The van der Waals surface area contributed by atoms with Crippen LogP contribution in [0, 0.1) is 0 Å². The quantitative estimate of drug-likeness (QED) is 0.470. The van der Waals surface area contributed by atoms with Gasteiger partial charge >= 0.3 is 0 Å². The summed E-state index contributed by atoms with van der Waals surface area (Å²) in [6.07, 6.45) is 5.94. The molecule has 0 bridgehead atoms. The smallest absolute Gasteiger partial charge is 0.0692 e. The Labute approximate surface area is 68.6 Å². The zero-order chi connectivity index (χ0) is 8.69. The van der Waals surface area contributed by atoms with Crippen molar-refractivity contribution in [1.29, 1.82) is 0 Å². The molecule has 2 N–H and O–H groups in total. The van der Waals surface area contributed by atoms with E-state index < -0.39 is 0 Å². The fourth-order valence-electron chi connectivity index (χ4n) is 0.824. The third-order valence-corrected chi connectivity index (χ3v) is 1.41. The highest BCUT2D eigenvalue weighted by molar-refractivity contribution is 4.85. The minimum Gasteiger partial charge on any atom is -0.393 e. The predicted molar refractivity (Wildman–Crippen MR) is 46.4 cm³/mol. The van der Waals surface area contributed by atoms with Gasteiger partial charge in [-0.3, -0.25) is 0 Å². The van der Waals surface area contributed by atoms with E-state index in [0.29, 0.717) is 0 Å². The van der Waals surface area contributed by atoms with Gasteiger partial charge in [0.2, 0.25) is 0 Å². The molecule has 0 rings (SSSR count). The first-order valence-corrected chi connectivity index (χ1v) is 4.15. The van der Waals surface area contributed by atoms with Gasteiger partial charge < -0.3 is 10.2 Å². The van der Waals surface area contributed by atoms with Crippen molar-refractivity contribution in [1.82, 2.24) is 0 Å².